The summed E-state index contributed by atoms with van der Waals surface area (Å²) in [7, 11) is 0. The van der Waals surface area contributed by atoms with Crippen LogP contribution in [0.15, 0.2) is 12.4 Å². The van der Waals surface area contributed by atoms with Crippen LogP contribution >= 0.6 is 0 Å². The van der Waals surface area contributed by atoms with Gasteiger partial charge in [-0.25, -0.2) is 0 Å². The molecule has 1 heterocycles. The second-order valence-corrected chi connectivity index (χ2v) is 5.11. The van der Waals surface area contributed by atoms with E-state index in [1.54, 1.807) is 0 Å². The lowest BCUT2D eigenvalue weighted by atomic mass is 10.1. The molecular weight excluding hydrogens is 198 g/mol. The molecule has 0 aromatic carbocycles. The zero-order valence-electron chi connectivity index (χ0n) is 10.4. The molecule has 1 aliphatic rings. The molecule has 0 unspecified atom stereocenters. The van der Waals surface area contributed by atoms with E-state index < -0.39 is 0 Å². The van der Waals surface area contributed by atoms with Crippen LogP contribution in [0.25, 0.3) is 0 Å². The Morgan fingerprint density at radius 1 is 1.44 bits per heavy atom. The highest BCUT2D eigenvalue weighted by atomic mass is 15.3. The smallest absolute Gasteiger partial charge is 0.0521 e. The SMILES string of the molecule is CC(C)n1cc(CCCCNC2CC2)cn1. The lowest BCUT2D eigenvalue weighted by Crippen LogP contribution is -2.17. The van der Waals surface area contributed by atoms with Crippen LogP contribution in [0.3, 0.4) is 0 Å². The molecule has 1 aromatic heterocycles. The van der Waals surface area contributed by atoms with Crippen molar-refractivity contribution in [3.8, 4) is 0 Å². The van der Waals surface area contributed by atoms with E-state index in [9.17, 15) is 0 Å². The molecule has 3 nitrogen and oxygen atoms in total. The minimum absolute atomic E-state index is 0.477. The number of unbranched alkanes of at least 4 members (excludes halogenated alkanes) is 1. The minimum Gasteiger partial charge on any atom is -0.314 e. The van der Waals surface area contributed by atoms with E-state index in [1.807, 2.05) is 10.9 Å². The van der Waals surface area contributed by atoms with Gasteiger partial charge in [-0.2, -0.15) is 5.10 Å². The highest BCUT2D eigenvalue weighted by molar-refractivity contribution is 5.04. The number of nitrogens with zero attached hydrogens (tertiary/aromatic N) is 2. The zero-order chi connectivity index (χ0) is 11.4. The van der Waals surface area contributed by atoms with E-state index in [0.717, 1.165) is 6.04 Å². The number of nitrogens with one attached hydrogen (secondary N) is 1. The summed E-state index contributed by atoms with van der Waals surface area (Å²) in [6.07, 6.45) is 10.7. The maximum Gasteiger partial charge on any atom is 0.0521 e. The van der Waals surface area contributed by atoms with Crippen LogP contribution in [0, 0.1) is 0 Å². The third-order valence-electron chi connectivity index (χ3n) is 3.09. The first-order chi connectivity index (χ1) is 7.75. The van der Waals surface area contributed by atoms with E-state index >= 15 is 0 Å². The average Bonchev–Trinajstić information content (AvgIpc) is 2.94. The van der Waals surface area contributed by atoms with Crippen LogP contribution in [0.1, 0.15) is 51.1 Å². The minimum atomic E-state index is 0.477. The van der Waals surface area contributed by atoms with E-state index in [0.29, 0.717) is 6.04 Å². The first-order valence-electron chi connectivity index (χ1n) is 6.52. The molecule has 1 N–H and O–H groups in total. The molecule has 0 bridgehead atoms. The van der Waals surface area contributed by atoms with Crippen molar-refractivity contribution in [3.63, 3.8) is 0 Å². The maximum atomic E-state index is 4.35. The van der Waals surface area contributed by atoms with Gasteiger partial charge in [0.25, 0.3) is 0 Å². The summed E-state index contributed by atoms with van der Waals surface area (Å²) in [6, 6.07) is 1.33. The van der Waals surface area contributed by atoms with Gasteiger partial charge < -0.3 is 5.32 Å². The van der Waals surface area contributed by atoms with Crippen molar-refractivity contribution >= 4 is 0 Å². The molecule has 0 amide bonds. The fourth-order valence-electron chi connectivity index (χ4n) is 1.84. The highest BCUT2D eigenvalue weighted by Gasteiger charge is 2.19. The van der Waals surface area contributed by atoms with E-state index in [-0.39, 0.29) is 0 Å². The van der Waals surface area contributed by atoms with Gasteiger partial charge in [-0.1, -0.05) is 0 Å². The predicted octanol–water partition coefficient (Wildman–Crippen LogP) is 2.54. The van der Waals surface area contributed by atoms with E-state index in [2.05, 4.69) is 30.5 Å². The predicted molar refractivity (Wildman–Crippen MR) is 66.6 cm³/mol. The number of hydrogen-bond donors (Lipinski definition) is 1. The Morgan fingerprint density at radius 3 is 2.88 bits per heavy atom. The third kappa shape index (κ3) is 3.63. The summed E-state index contributed by atoms with van der Waals surface area (Å²) in [6.45, 7) is 5.51. The Morgan fingerprint density at radius 2 is 2.25 bits per heavy atom. The maximum absolute atomic E-state index is 4.35. The molecule has 90 valence electrons. The Balaban J connectivity index is 1.60. The standard InChI is InChI=1S/C13H23N3/c1-11(2)16-10-12(9-15-16)5-3-4-8-14-13-6-7-13/h9-11,13-14H,3-8H2,1-2H3. The van der Waals surface area contributed by atoms with Gasteiger partial charge >= 0.3 is 0 Å². The number of aryl methyl sites for hydroxylation is 1. The quantitative estimate of drug-likeness (QED) is 0.717. The Labute approximate surface area is 98.2 Å². The summed E-state index contributed by atoms with van der Waals surface area (Å²) in [5.74, 6) is 0. The lowest BCUT2D eigenvalue weighted by molar-refractivity contribution is 0.531. The van der Waals surface area contributed by atoms with Crippen molar-refractivity contribution in [1.29, 1.82) is 0 Å². The van der Waals surface area contributed by atoms with Crippen molar-refractivity contribution in [2.24, 2.45) is 0 Å². The summed E-state index contributed by atoms with van der Waals surface area (Å²) in [5.41, 5.74) is 1.38. The topological polar surface area (TPSA) is 29.9 Å². The van der Waals surface area contributed by atoms with Crippen LogP contribution in [0.4, 0.5) is 0 Å². The first kappa shape index (κ1) is 11.6. The molecular formula is C13H23N3. The molecule has 16 heavy (non-hydrogen) atoms. The van der Waals surface area contributed by atoms with Crippen molar-refractivity contribution in [1.82, 2.24) is 15.1 Å². The van der Waals surface area contributed by atoms with Crippen LogP contribution in [0.2, 0.25) is 0 Å². The van der Waals surface area contributed by atoms with Gasteiger partial charge in [0.1, 0.15) is 0 Å². The van der Waals surface area contributed by atoms with E-state index in [1.165, 1.54) is 44.2 Å². The van der Waals surface area contributed by atoms with Crippen LogP contribution in [-0.2, 0) is 6.42 Å². The van der Waals surface area contributed by atoms with Gasteiger partial charge in [0.15, 0.2) is 0 Å². The number of hydrogen-bond acceptors (Lipinski definition) is 2. The van der Waals surface area contributed by atoms with Gasteiger partial charge in [-0.15, -0.1) is 0 Å². The van der Waals surface area contributed by atoms with Gasteiger partial charge in [0, 0.05) is 18.3 Å². The second-order valence-electron chi connectivity index (χ2n) is 5.11. The monoisotopic (exact) mass is 221 g/mol. The second kappa shape index (κ2) is 5.48. The molecule has 1 aromatic rings. The Bertz CT molecular complexity index is 313. The van der Waals surface area contributed by atoms with E-state index in [4.69, 9.17) is 0 Å². The van der Waals surface area contributed by atoms with Gasteiger partial charge in [0.05, 0.1) is 6.20 Å². The third-order valence-corrected chi connectivity index (χ3v) is 3.09. The Kier molecular flexibility index (Phi) is 3.99. The molecule has 2 rings (SSSR count). The number of aromatic nitrogens is 2. The fraction of sp³-hybridized carbons (Fsp3) is 0.769. The van der Waals surface area contributed by atoms with Gasteiger partial charge in [-0.3, -0.25) is 4.68 Å². The largest absolute Gasteiger partial charge is 0.314 e. The molecule has 1 aliphatic carbocycles. The fourth-order valence-corrected chi connectivity index (χ4v) is 1.84. The number of rotatable bonds is 7. The van der Waals surface area contributed by atoms with Gasteiger partial charge in [-0.05, 0) is 58.1 Å². The average molecular weight is 221 g/mol. The molecule has 1 saturated carbocycles. The van der Waals surface area contributed by atoms with Crippen molar-refractivity contribution in [3.05, 3.63) is 18.0 Å². The summed E-state index contributed by atoms with van der Waals surface area (Å²) in [4.78, 5) is 0. The zero-order valence-corrected chi connectivity index (χ0v) is 10.4. The molecule has 0 radical (unpaired) electrons. The lowest BCUT2D eigenvalue weighted by Gasteiger charge is -2.03. The van der Waals surface area contributed by atoms with Crippen LogP contribution in [0.5, 0.6) is 0 Å². The first-order valence-corrected chi connectivity index (χ1v) is 6.52. The molecule has 0 spiro atoms. The normalized spacial score (nSPS) is 15.9. The molecule has 0 saturated heterocycles. The molecule has 0 aliphatic heterocycles. The van der Waals surface area contributed by atoms with Crippen molar-refractivity contribution in [2.45, 2.75) is 58.0 Å². The van der Waals surface area contributed by atoms with Crippen LogP contribution in [-0.4, -0.2) is 22.4 Å². The highest BCUT2D eigenvalue weighted by Crippen LogP contribution is 2.18. The Hall–Kier alpha value is -0.830. The van der Waals surface area contributed by atoms with Gasteiger partial charge in [0.2, 0.25) is 0 Å². The van der Waals surface area contributed by atoms with Crippen molar-refractivity contribution < 1.29 is 0 Å². The molecule has 0 atom stereocenters. The van der Waals surface area contributed by atoms with Crippen molar-refractivity contribution in [2.75, 3.05) is 6.54 Å². The summed E-state index contributed by atoms with van der Waals surface area (Å²) < 4.78 is 2.04. The molecule has 1 fully saturated rings. The van der Waals surface area contributed by atoms with Crippen LogP contribution < -0.4 is 5.32 Å². The molecule has 3 heteroatoms. The summed E-state index contributed by atoms with van der Waals surface area (Å²) in [5, 5.41) is 7.90. The summed E-state index contributed by atoms with van der Waals surface area (Å²) >= 11 is 0.